The standard InChI is InChI=1S/C17H24N2O7/c1-10(2)7-14(20)16(21)18-12(17(22)26-4)8-11-5-6-15(25-3)13(9-11)19(23)24/h5-6,9-10,12,14,20H,7-8H2,1-4H3,(H,18,21)/t12-,14-/m0/s1. The maximum absolute atomic E-state index is 12.1. The molecule has 1 rings (SSSR count). The van der Waals surface area contributed by atoms with Gasteiger partial charge in [-0.1, -0.05) is 19.9 Å². The first-order valence-electron chi connectivity index (χ1n) is 8.07. The molecule has 0 aromatic heterocycles. The fourth-order valence-corrected chi connectivity index (χ4v) is 2.40. The second kappa shape index (κ2) is 9.71. The molecule has 0 heterocycles. The van der Waals surface area contributed by atoms with Crippen LogP contribution in [0.1, 0.15) is 25.8 Å². The highest BCUT2D eigenvalue weighted by Crippen LogP contribution is 2.28. The molecule has 9 nitrogen and oxygen atoms in total. The van der Waals surface area contributed by atoms with Crippen molar-refractivity contribution in [1.29, 1.82) is 0 Å². The van der Waals surface area contributed by atoms with Crippen LogP contribution in [-0.2, 0) is 20.7 Å². The molecule has 0 unspecified atom stereocenters. The van der Waals surface area contributed by atoms with Gasteiger partial charge in [0.05, 0.1) is 19.1 Å². The van der Waals surface area contributed by atoms with Crippen molar-refractivity contribution in [3.63, 3.8) is 0 Å². The van der Waals surface area contributed by atoms with Gasteiger partial charge >= 0.3 is 11.7 Å². The minimum absolute atomic E-state index is 0.0301. The lowest BCUT2D eigenvalue weighted by Crippen LogP contribution is -2.47. The zero-order chi connectivity index (χ0) is 19.9. The van der Waals surface area contributed by atoms with Crippen LogP contribution in [0.2, 0.25) is 0 Å². The quantitative estimate of drug-likeness (QED) is 0.381. The number of aliphatic hydroxyl groups excluding tert-OH is 1. The van der Waals surface area contributed by atoms with E-state index in [0.717, 1.165) is 0 Å². The number of nitro benzene ring substituents is 1. The second-order valence-corrected chi connectivity index (χ2v) is 6.20. The van der Waals surface area contributed by atoms with Crippen molar-refractivity contribution in [1.82, 2.24) is 5.32 Å². The summed E-state index contributed by atoms with van der Waals surface area (Å²) >= 11 is 0. The number of nitrogens with zero attached hydrogens (tertiary/aromatic N) is 1. The highest BCUT2D eigenvalue weighted by Gasteiger charge is 2.27. The Labute approximate surface area is 151 Å². The fraction of sp³-hybridized carbons (Fsp3) is 0.529. The number of hydrogen-bond acceptors (Lipinski definition) is 7. The van der Waals surface area contributed by atoms with Crippen molar-refractivity contribution in [2.75, 3.05) is 14.2 Å². The van der Waals surface area contributed by atoms with E-state index in [-0.39, 0.29) is 30.2 Å². The van der Waals surface area contributed by atoms with Gasteiger partial charge < -0.3 is 19.9 Å². The first-order valence-corrected chi connectivity index (χ1v) is 8.07. The number of nitro groups is 1. The van der Waals surface area contributed by atoms with Crippen LogP contribution in [0, 0.1) is 16.0 Å². The molecule has 0 saturated heterocycles. The summed E-state index contributed by atoms with van der Waals surface area (Å²) in [6.45, 7) is 3.70. The summed E-state index contributed by atoms with van der Waals surface area (Å²) in [5, 5.41) is 23.4. The average Bonchev–Trinajstić information content (AvgIpc) is 2.59. The summed E-state index contributed by atoms with van der Waals surface area (Å²) in [4.78, 5) is 34.6. The Bertz CT molecular complexity index is 661. The molecule has 2 atom stereocenters. The van der Waals surface area contributed by atoms with Gasteiger partial charge in [0.15, 0.2) is 5.75 Å². The number of ether oxygens (including phenoxy) is 2. The van der Waals surface area contributed by atoms with Gasteiger partial charge in [-0.25, -0.2) is 4.79 Å². The van der Waals surface area contributed by atoms with E-state index in [1.54, 1.807) is 6.07 Å². The zero-order valence-electron chi connectivity index (χ0n) is 15.2. The summed E-state index contributed by atoms with van der Waals surface area (Å²) < 4.78 is 9.61. The maximum Gasteiger partial charge on any atom is 0.328 e. The van der Waals surface area contributed by atoms with E-state index in [0.29, 0.717) is 5.56 Å². The molecule has 0 aliphatic heterocycles. The molecule has 9 heteroatoms. The molecule has 26 heavy (non-hydrogen) atoms. The normalized spacial score (nSPS) is 13.0. The van der Waals surface area contributed by atoms with Crippen molar-refractivity contribution in [3.8, 4) is 5.75 Å². The van der Waals surface area contributed by atoms with Gasteiger partial charge in [-0.05, 0) is 24.0 Å². The third kappa shape index (κ3) is 5.99. The highest BCUT2D eigenvalue weighted by molar-refractivity contribution is 5.87. The SMILES string of the molecule is COC(=O)[C@H](Cc1ccc(OC)c([N+](=O)[O-])c1)NC(=O)[C@@H](O)CC(C)C. The van der Waals surface area contributed by atoms with Crippen LogP contribution in [0.4, 0.5) is 5.69 Å². The third-order valence-electron chi connectivity index (χ3n) is 3.68. The molecule has 0 bridgehead atoms. The lowest BCUT2D eigenvalue weighted by Gasteiger charge is -2.19. The van der Waals surface area contributed by atoms with E-state index in [9.17, 15) is 24.8 Å². The van der Waals surface area contributed by atoms with Gasteiger partial charge in [-0.3, -0.25) is 14.9 Å². The van der Waals surface area contributed by atoms with Crippen LogP contribution < -0.4 is 10.1 Å². The van der Waals surface area contributed by atoms with Crippen LogP contribution >= 0.6 is 0 Å². The molecule has 2 N–H and O–H groups in total. The monoisotopic (exact) mass is 368 g/mol. The first kappa shape index (κ1) is 21.4. The van der Waals surface area contributed by atoms with Crippen LogP contribution in [0.15, 0.2) is 18.2 Å². The largest absolute Gasteiger partial charge is 0.490 e. The van der Waals surface area contributed by atoms with Crippen molar-refractivity contribution in [2.45, 2.75) is 38.8 Å². The molecule has 0 aliphatic rings. The minimum Gasteiger partial charge on any atom is -0.490 e. The van der Waals surface area contributed by atoms with E-state index < -0.39 is 28.9 Å². The van der Waals surface area contributed by atoms with E-state index >= 15 is 0 Å². The Morgan fingerprint density at radius 3 is 2.46 bits per heavy atom. The molecule has 1 aromatic carbocycles. The van der Waals surface area contributed by atoms with Gasteiger partial charge in [0, 0.05) is 12.5 Å². The van der Waals surface area contributed by atoms with Crippen molar-refractivity contribution in [3.05, 3.63) is 33.9 Å². The Kier molecular flexibility index (Phi) is 7.98. The topological polar surface area (TPSA) is 128 Å². The number of aliphatic hydroxyl groups is 1. The van der Waals surface area contributed by atoms with Gasteiger partial charge in [-0.2, -0.15) is 0 Å². The average molecular weight is 368 g/mol. The number of rotatable bonds is 9. The molecule has 144 valence electrons. The van der Waals surface area contributed by atoms with Gasteiger partial charge in [0.1, 0.15) is 12.1 Å². The Balaban J connectivity index is 2.98. The lowest BCUT2D eigenvalue weighted by molar-refractivity contribution is -0.385. The van der Waals surface area contributed by atoms with Crippen molar-refractivity contribution >= 4 is 17.6 Å². The van der Waals surface area contributed by atoms with Crippen LogP contribution in [-0.4, -0.2) is 48.3 Å². The summed E-state index contributed by atoms with van der Waals surface area (Å²) in [5.74, 6) is -1.23. The molecule has 0 radical (unpaired) electrons. The molecular weight excluding hydrogens is 344 g/mol. The number of methoxy groups -OCH3 is 2. The third-order valence-corrected chi connectivity index (χ3v) is 3.68. The van der Waals surface area contributed by atoms with Crippen LogP contribution in [0.3, 0.4) is 0 Å². The van der Waals surface area contributed by atoms with Crippen LogP contribution in [0.5, 0.6) is 5.75 Å². The second-order valence-electron chi connectivity index (χ2n) is 6.20. The van der Waals surface area contributed by atoms with E-state index in [2.05, 4.69) is 10.1 Å². The predicted molar refractivity (Wildman–Crippen MR) is 92.8 cm³/mol. The molecule has 1 amide bonds. The molecular formula is C17H24N2O7. The smallest absolute Gasteiger partial charge is 0.328 e. The van der Waals surface area contributed by atoms with E-state index in [1.165, 1.54) is 26.4 Å². The Morgan fingerprint density at radius 2 is 1.96 bits per heavy atom. The number of amides is 1. The van der Waals surface area contributed by atoms with Crippen LogP contribution in [0.25, 0.3) is 0 Å². The fourth-order valence-electron chi connectivity index (χ4n) is 2.40. The highest BCUT2D eigenvalue weighted by atomic mass is 16.6. The first-order chi connectivity index (χ1) is 12.2. The van der Waals surface area contributed by atoms with Crippen molar-refractivity contribution < 1.29 is 29.1 Å². The van der Waals surface area contributed by atoms with Gasteiger partial charge in [-0.15, -0.1) is 0 Å². The Hall–Kier alpha value is -2.68. The lowest BCUT2D eigenvalue weighted by atomic mass is 10.0. The number of nitrogens with one attached hydrogen (secondary N) is 1. The van der Waals surface area contributed by atoms with Crippen molar-refractivity contribution in [2.24, 2.45) is 5.92 Å². The minimum atomic E-state index is -1.26. The molecule has 1 aromatic rings. The summed E-state index contributed by atoms with van der Waals surface area (Å²) in [6.07, 6.45) is -1.04. The number of esters is 1. The number of benzene rings is 1. The summed E-state index contributed by atoms with van der Waals surface area (Å²) in [6, 6.07) is 3.16. The number of carbonyl (C=O) groups is 2. The Morgan fingerprint density at radius 1 is 1.31 bits per heavy atom. The zero-order valence-corrected chi connectivity index (χ0v) is 15.2. The van der Waals surface area contributed by atoms with E-state index in [4.69, 9.17) is 4.74 Å². The van der Waals surface area contributed by atoms with Gasteiger partial charge in [0.2, 0.25) is 5.91 Å². The molecule has 0 fully saturated rings. The molecule has 0 saturated carbocycles. The van der Waals surface area contributed by atoms with Gasteiger partial charge in [0.25, 0.3) is 0 Å². The number of hydrogen-bond donors (Lipinski definition) is 2. The predicted octanol–water partition coefficient (Wildman–Crippen LogP) is 1.21. The van der Waals surface area contributed by atoms with E-state index in [1.807, 2.05) is 13.8 Å². The molecule has 0 aliphatic carbocycles. The summed E-state index contributed by atoms with van der Waals surface area (Å²) in [5.41, 5.74) is 0.186. The summed E-state index contributed by atoms with van der Waals surface area (Å²) in [7, 11) is 2.48. The maximum atomic E-state index is 12.1. The molecule has 0 spiro atoms. The number of carbonyl (C=O) groups excluding carboxylic acids is 2.